The van der Waals surface area contributed by atoms with Crippen molar-refractivity contribution in [3.8, 4) is 0 Å². The Bertz CT molecular complexity index is 275. The molecular formula is C14H26O4. The van der Waals surface area contributed by atoms with Gasteiger partial charge in [-0.05, 0) is 37.5 Å². The van der Waals surface area contributed by atoms with E-state index in [2.05, 4.69) is 20.8 Å². The molecule has 1 fully saturated rings. The molecule has 0 radical (unpaired) electrons. The van der Waals surface area contributed by atoms with Crippen molar-refractivity contribution in [1.82, 2.24) is 0 Å². The number of carboxylic acids is 1. The summed E-state index contributed by atoms with van der Waals surface area (Å²) < 4.78 is 10.9. The number of hydrogen-bond donors (Lipinski definition) is 1. The van der Waals surface area contributed by atoms with Crippen LogP contribution >= 0.6 is 0 Å². The summed E-state index contributed by atoms with van der Waals surface area (Å²) in [6.07, 6.45) is 2.95. The van der Waals surface area contributed by atoms with Crippen LogP contribution in [0.1, 0.15) is 47.0 Å². The zero-order chi connectivity index (χ0) is 13.8. The second-order valence-electron chi connectivity index (χ2n) is 6.26. The van der Waals surface area contributed by atoms with Gasteiger partial charge in [-0.3, -0.25) is 0 Å². The maximum atomic E-state index is 10.6. The molecule has 106 valence electrons. The lowest BCUT2D eigenvalue weighted by Gasteiger charge is -2.38. The van der Waals surface area contributed by atoms with Crippen LogP contribution < -0.4 is 0 Å². The van der Waals surface area contributed by atoms with E-state index in [9.17, 15) is 4.79 Å². The number of rotatable bonds is 6. The van der Waals surface area contributed by atoms with Crippen LogP contribution in [0.25, 0.3) is 0 Å². The SMILES string of the molecule is CC1CC(OCCOC(C)C(=O)O)CC(C)(C)C1. The van der Waals surface area contributed by atoms with Crippen LogP contribution in [0, 0.1) is 11.3 Å². The van der Waals surface area contributed by atoms with E-state index in [4.69, 9.17) is 14.6 Å². The Morgan fingerprint density at radius 1 is 1.39 bits per heavy atom. The molecule has 18 heavy (non-hydrogen) atoms. The van der Waals surface area contributed by atoms with Gasteiger partial charge in [0.25, 0.3) is 0 Å². The van der Waals surface area contributed by atoms with Crippen LogP contribution in [0.4, 0.5) is 0 Å². The second kappa shape index (κ2) is 6.53. The topological polar surface area (TPSA) is 55.8 Å². The van der Waals surface area contributed by atoms with E-state index < -0.39 is 12.1 Å². The van der Waals surface area contributed by atoms with E-state index in [0.29, 0.717) is 24.5 Å². The predicted molar refractivity (Wildman–Crippen MR) is 69.6 cm³/mol. The molecule has 4 heteroatoms. The number of carbonyl (C=O) groups is 1. The molecule has 0 heterocycles. The molecule has 3 atom stereocenters. The molecule has 0 amide bonds. The largest absolute Gasteiger partial charge is 0.479 e. The molecule has 0 aromatic heterocycles. The Kier molecular flexibility index (Phi) is 5.60. The summed E-state index contributed by atoms with van der Waals surface area (Å²) in [7, 11) is 0. The van der Waals surface area contributed by atoms with E-state index >= 15 is 0 Å². The van der Waals surface area contributed by atoms with Crippen LogP contribution in [0.5, 0.6) is 0 Å². The molecular weight excluding hydrogens is 232 g/mol. The first kappa shape index (κ1) is 15.4. The fourth-order valence-electron chi connectivity index (χ4n) is 2.90. The van der Waals surface area contributed by atoms with E-state index in [1.54, 1.807) is 0 Å². The van der Waals surface area contributed by atoms with Crippen molar-refractivity contribution in [2.75, 3.05) is 13.2 Å². The Balaban J connectivity index is 2.21. The van der Waals surface area contributed by atoms with Gasteiger partial charge in [-0.2, -0.15) is 0 Å². The van der Waals surface area contributed by atoms with Gasteiger partial charge in [-0.1, -0.05) is 20.8 Å². The third-order valence-corrected chi connectivity index (χ3v) is 3.50. The fourth-order valence-corrected chi connectivity index (χ4v) is 2.90. The maximum absolute atomic E-state index is 10.6. The van der Waals surface area contributed by atoms with Crippen molar-refractivity contribution in [2.24, 2.45) is 11.3 Å². The Hall–Kier alpha value is -0.610. The van der Waals surface area contributed by atoms with Crippen molar-refractivity contribution in [2.45, 2.75) is 59.2 Å². The minimum atomic E-state index is -0.928. The van der Waals surface area contributed by atoms with Gasteiger partial charge in [-0.15, -0.1) is 0 Å². The summed E-state index contributed by atoms with van der Waals surface area (Å²) >= 11 is 0. The predicted octanol–water partition coefficient (Wildman–Crippen LogP) is 2.71. The molecule has 0 saturated heterocycles. The highest BCUT2D eigenvalue weighted by Gasteiger charge is 2.32. The molecule has 1 rings (SSSR count). The summed E-state index contributed by atoms with van der Waals surface area (Å²) in [5.41, 5.74) is 0.345. The zero-order valence-corrected chi connectivity index (χ0v) is 11.9. The summed E-state index contributed by atoms with van der Waals surface area (Å²) in [6.45, 7) is 9.18. The zero-order valence-electron chi connectivity index (χ0n) is 11.9. The lowest BCUT2D eigenvalue weighted by Crippen LogP contribution is -2.33. The van der Waals surface area contributed by atoms with Crippen LogP contribution in [-0.4, -0.2) is 36.5 Å². The third kappa shape index (κ3) is 5.36. The Morgan fingerprint density at radius 2 is 2.06 bits per heavy atom. The standard InChI is InChI=1S/C14H26O4/c1-10-7-12(9-14(3,4)8-10)18-6-5-17-11(2)13(15)16/h10-12H,5-9H2,1-4H3,(H,15,16). The van der Waals surface area contributed by atoms with Gasteiger partial charge >= 0.3 is 5.97 Å². The first-order valence-electron chi connectivity index (χ1n) is 6.76. The molecule has 0 spiro atoms. The van der Waals surface area contributed by atoms with E-state index in [1.807, 2.05) is 0 Å². The van der Waals surface area contributed by atoms with Crippen LogP contribution in [0.3, 0.4) is 0 Å². The van der Waals surface area contributed by atoms with Gasteiger partial charge in [0.2, 0.25) is 0 Å². The van der Waals surface area contributed by atoms with Crippen molar-refractivity contribution in [1.29, 1.82) is 0 Å². The maximum Gasteiger partial charge on any atom is 0.332 e. The number of carboxylic acid groups (broad SMARTS) is 1. The number of aliphatic carboxylic acids is 1. The third-order valence-electron chi connectivity index (χ3n) is 3.50. The van der Waals surface area contributed by atoms with Crippen LogP contribution in [-0.2, 0) is 14.3 Å². The van der Waals surface area contributed by atoms with Gasteiger partial charge in [0.1, 0.15) is 0 Å². The molecule has 4 nitrogen and oxygen atoms in total. The molecule has 0 aromatic carbocycles. The molecule has 1 N–H and O–H groups in total. The highest BCUT2D eigenvalue weighted by atomic mass is 16.5. The van der Waals surface area contributed by atoms with Gasteiger partial charge < -0.3 is 14.6 Å². The summed E-state index contributed by atoms with van der Waals surface area (Å²) in [6, 6.07) is 0. The molecule has 0 aromatic rings. The minimum Gasteiger partial charge on any atom is -0.479 e. The summed E-state index contributed by atoms with van der Waals surface area (Å²) in [4.78, 5) is 10.6. The van der Waals surface area contributed by atoms with E-state index in [-0.39, 0.29) is 6.10 Å². The van der Waals surface area contributed by atoms with E-state index in [1.165, 1.54) is 13.3 Å². The molecule has 1 saturated carbocycles. The summed E-state index contributed by atoms with van der Waals surface area (Å²) in [5.74, 6) is -0.236. The average molecular weight is 258 g/mol. The molecule has 1 aliphatic rings. The molecule has 0 aliphatic heterocycles. The lowest BCUT2D eigenvalue weighted by atomic mass is 9.71. The van der Waals surface area contributed by atoms with Gasteiger partial charge in [0.05, 0.1) is 19.3 Å². The monoisotopic (exact) mass is 258 g/mol. The van der Waals surface area contributed by atoms with Crippen molar-refractivity contribution < 1.29 is 19.4 Å². The fraction of sp³-hybridized carbons (Fsp3) is 0.929. The lowest BCUT2D eigenvalue weighted by molar-refractivity contribution is -0.150. The normalized spacial score (nSPS) is 28.9. The minimum absolute atomic E-state index is 0.285. The Morgan fingerprint density at radius 3 is 2.61 bits per heavy atom. The van der Waals surface area contributed by atoms with Crippen LogP contribution in [0.2, 0.25) is 0 Å². The molecule has 1 aliphatic carbocycles. The molecule has 0 bridgehead atoms. The average Bonchev–Trinajstić information content (AvgIpc) is 2.21. The quantitative estimate of drug-likeness (QED) is 0.744. The Labute approximate surface area is 110 Å². The highest BCUT2D eigenvalue weighted by molar-refractivity contribution is 5.71. The van der Waals surface area contributed by atoms with Crippen molar-refractivity contribution in [3.63, 3.8) is 0 Å². The van der Waals surface area contributed by atoms with Crippen LogP contribution in [0.15, 0.2) is 0 Å². The first-order chi connectivity index (χ1) is 8.30. The van der Waals surface area contributed by atoms with E-state index in [0.717, 1.165) is 12.8 Å². The first-order valence-corrected chi connectivity index (χ1v) is 6.76. The molecule has 3 unspecified atom stereocenters. The highest BCUT2D eigenvalue weighted by Crippen LogP contribution is 2.39. The van der Waals surface area contributed by atoms with Crippen molar-refractivity contribution in [3.05, 3.63) is 0 Å². The smallest absolute Gasteiger partial charge is 0.332 e. The van der Waals surface area contributed by atoms with Crippen molar-refractivity contribution >= 4 is 5.97 Å². The summed E-state index contributed by atoms with van der Waals surface area (Å²) in [5, 5.41) is 8.67. The van der Waals surface area contributed by atoms with Gasteiger partial charge in [0.15, 0.2) is 6.10 Å². The van der Waals surface area contributed by atoms with Gasteiger partial charge in [-0.25, -0.2) is 4.79 Å². The number of ether oxygens (including phenoxy) is 2. The van der Waals surface area contributed by atoms with Gasteiger partial charge in [0, 0.05) is 0 Å². The number of hydrogen-bond acceptors (Lipinski definition) is 3. The second-order valence-corrected chi connectivity index (χ2v) is 6.26.